The molecule has 3 rings (SSSR count). The second-order valence-electron chi connectivity index (χ2n) is 5.20. The Bertz CT molecular complexity index is 603. The van der Waals surface area contributed by atoms with Crippen molar-refractivity contribution >= 4 is 5.57 Å². The van der Waals surface area contributed by atoms with E-state index < -0.39 is 0 Å². The van der Waals surface area contributed by atoms with Gasteiger partial charge in [0, 0.05) is 5.92 Å². The SMILES string of the molecule is CC1=CC(c2ccccc2)=CC(c2ccccc2)C1. The predicted molar refractivity (Wildman–Crippen MR) is 82.0 cm³/mol. The molecule has 1 unspecified atom stereocenters. The van der Waals surface area contributed by atoms with Gasteiger partial charge in [-0.05, 0) is 30.0 Å². The number of allylic oxidation sites excluding steroid dienone is 4. The first-order valence-electron chi connectivity index (χ1n) is 6.82. The fourth-order valence-corrected chi connectivity index (χ4v) is 2.72. The molecule has 0 radical (unpaired) electrons. The molecule has 0 bridgehead atoms. The second kappa shape index (κ2) is 5.27. The molecule has 0 spiro atoms. The van der Waals surface area contributed by atoms with Crippen LogP contribution in [0.2, 0.25) is 0 Å². The van der Waals surface area contributed by atoms with E-state index in [9.17, 15) is 0 Å². The molecular weight excluding hydrogens is 228 g/mol. The Hall–Kier alpha value is -2.08. The van der Waals surface area contributed by atoms with Crippen molar-refractivity contribution in [1.29, 1.82) is 0 Å². The van der Waals surface area contributed by atoms with Crippen LogP contribution in [0.4, 0.5) is 0 Å². The summed E-state index contributed by atoms with van der Waals surface area (Å²) >= 11 is 0. The first-order chi connectivity index (χ1) is 9.33. The summed E-state index contributed by atoms with van der Waals surface area (Å²) in [6.07, 6.45) is 5.84. The Morgan fingerprint density at radius 1 is 0.842 bits per heavy atom. The molecule has 0 aliphatic heterocycles. The molecule has 0 fully saturated rings. The van der Waals surface area contributed by atoms with Crippen molar-refractivity contribution in [2.24, 2.45) is 0 Å². The normalized spacial score (nSPS) is 18.7. The molecule has 94 valence electrons. The van der Waals surface area contributed by atoms with Gasteiger partial charge >= 0.3 is 0 Å². The summed E-state index contributed by atoms with van der Waals surface area (Å²) in [7, 11) is 0. The second-order valence-corrected chi connectivity index (χ2v) is 5.20. The van der Waals surface area contributed by atoms with Gasteiger partial charge in [0.05, 0.1) is 0 Å². The van der Waals surface area contributed by atoms with E-state index in [-0.39, 0.29) is 0 Å². The summed E-state index contributed by atoms with van der Waals surface area (Å²) in [6, 6.07) is 21.4. The van der Waals surface area contributed by atoms with Crippen LogP contribution in [0.3, 0.4) is 0 Å². The predicted octanol–water partition coefficient (Wildman–Crippen LogP) is 5.20. The topological polar surface area (TPSA) is 0 Å². The fourth-order valence-electron chi connectivity index (χ4n) is 2.72. The van der Waals surface area contributed by atoms with E-state index in [0.717, 1.165) is 6.42 Å². The highest BCUT2D eigenvalue weighted by molar-refractivity contribution is 5.76. The first kappa shape index (κ1) is 12.0. The van der Waals surface area contributed by atoms with Gasteiger partial charge in [-0.25, -0.2) is 0 Å². The van der Waals surface area contributed by atoms with E-state index in [1.807, 2.05) is 0 Å². The van der Waals surface area contributed by atoms with Gasteiger partial charge in [-0.2, -0.15) is 0 Å². The highest BCUT2D eigenvalue weighted by atomic mass is 14.2. The molecule has 0 amide bonds. The maximum absolute atomic E-state index is 2.40. The Morgan fingerprint density at radius 3 is 2.16 bits per heavy atom. The van der Waals surface area contributed by atoms with Crippen molar-refractivity contribution in [1.82, 2.24) is 0 Å². The maximum atomic E-state index is 2.40. The molecule has 2 aromatic carbocycles. The highest BCUT2D eigenvalue weighted by Crippen LogP contribution is 2.34. The minimum absolute atomic E-state index is 0.501. The van der Waals surface area contributed by atoms with Gasteiger partial charge < -0.3 is 0 Å². The molecule has 0 heteroatoms. The van der Waals surface area contributed by atoms with Crippen molar-refractivity contribution in [2.45, 2.75) is 19.3 Å². The van der Waals surface area contributed by atoms with E-state index in [2.05, 4.69) is 79.7 Å². The fraction of sp³-hybridized carbons (Fsp3) is 0.158. The molecule has 0 N–H and O–H groups in total. The van der Waals surface area contributed by atoms with Gasteiger partial charge in [0.15, 0.2) is 0 Å². The lowest BCUT2D eigenvalue weighted by molar-refractivity contribution is 0.817. The average Bonchev–Trinajstić information content (AvgIpc) is 2.48. The van der Waals surface area contributed by atoms with Gasteiger partial charge in [0.1, 0.15) is 0 Å². The molecule has 1 atom stereocenters. The van der Waals surface area contributed by atoms with Crippen LogP contribution in [-0.2, 0) is 0 Å². The largest absolute Gasteiger partial charge is 0.0718 e. The molecule has 1 aliphatic rings. The third-order valence-electron chi connectivity index (χ3n) is 3.66. The van der Waals surface area contributed by atoms with Crippen molar-refractivity contribution in [3.05, 3.63) is 89.5 Å². The minimum atomic E-state index is 0.501. The van der Waals surface area contributed by atoms with Crippen molar-refractivity contribution in [2.75, 3.05) is 0 Å². The van der Waals surface area contributed by atoms with E-state index in [4.69, 9.17) is 0 Å². The smallest absolute Gasteiger partial charge is 0.00643 e. The van der Waals surface area contributed by atoms with Gasteiger partial charge in [0.25, 0.3) is 0 Å². The molecule has 0 saturated carbocycles. The molecular formula is C19H18. The maximum Gasteiger partial charge on any atom is 0.00643 e. The summed E-state index contributed by atoms with van der Waals surface area (Å²) in [5.74, 6) is 0.501. The zero-order chi connectivity index (χ0) is 13.1. The van der Waals surface area contributed by atoms with Gasteiger partial charge in [-0.3, -0.25) is 0 Å². The molecule has 1 aliphatic carbocycles. The van der Waals surface area contributed by atoms with Gasteiger partial charge in [-0.1, -0.05) is 78.4 Å². The molecule has 0 heterocycles. The number of benzene rings is 2. The summed E-state index contributed by atoms with van der Waals surface area (Å²) in [5.41, 5.74) is 5.51. The Kier molecular flexibility index (Phi) is 3.33. The molecule has 19 heavy (non-hydrogen) atoms. The van der Waals surface area contributed by atoms with Crippen molar-refractivity contribution < 1.29 is 0 Å². The Morgan fingerprint density at radius 2 is 1.47 bits per heavy atom. The number of rotatable bonds is 2. The number of hydrogen-bond donors (Lipinski definition) is 0. The van der Waals surface area contributed by atoms with Crippen molar-refractivity contribution in [3.63, 3.8) is 0 Å². The van der Waals surface area contributed by atoms with E-state index >= 15 is 0 Å². The molecule has 2 aromatic rings. The number of hydrogen-bond acceptors (Lipinski definition) is 0. The van der Waals surface area contributed by atoms with Crippen LogP contribution >= 0.6 is 0 Å². The van der Waals surface area contributed by atoms with Crippen LogP contribution in [0.15, 0.2) is 78.4 Å². The zero-order valence-electron chi connectivity index (χ0n) is 11.2. The van der Waals surface area contributed by atoms with Crippen LogP contribution < -0.4 is 0 Å². The quantitative estimate of drug-likeness (QED) is 0.683. The average molecular weight is 246 g/mol. The Balaban J connectivity index is 1.98. The first-order valence-corrected chi connectivity index (χ1v) is 6.82. The van der Waals surface area contributed by atoms with E-state index in [0.29, 0.717) is 5.92 Å². The lowest BCUT2D eigenvalue weighted by Crippen LogP contribution is -2.02. The van der Waals surface area contributed by atoms with Crippen LogP contribution in [-0.4, -0.2) is 0 Å². The third-order valence-corrected chi connectivity index (χ3v) is 3.66. The van der Waals surface area contributed by atoms with Crippen molar-refractivity contribution in [3.8, 4) is 0 Å². The van der Waals surface area contributed by atoms with E-state index in [1.54, 1.807) is 0 Å². The van der Waals surface area contributed by atoms with Crippen LogP contribution in [0.25, 0.3) is 5.57 Å². The standard InChI is InChI=1S/C19H18/c1-15-12-18(16-8-4-2-5-9-16)14-19(13-15)17-10-6-3-7-11-17/h2-12,14,19H,13H2,1H3. The summed E-state index contributed by atoms with van der Waals surface area (Å²) in [6.45, 7) is 2.23. The summed E-state index contributed by atoms with van der Waals surface area (Å²) in [4.78, 5) is 0. The zero-order valence-corrected chi connectivity index (χ0v) is 11.2. The molecule has 0 aromatic heterocycles. The lowest BCUT2D eigenvalue weighted by atomic mass is 9.84. The minimum Gasteiger partial charge on any atom is -0.0718 e. The summed E-state index contributed by atoms with van der Waals surface area (Å²) in [5, 5.41) is 0. The van der Waals surface area contributed by atoms with Gasteiger partial charge in [0.2, 0.25) is 0 Å². The molecule has 0 nitrogen and oxygen atoms in total. The van der Waals surface area contributed by atoms with Crippen LogP contribution in [0, 0.1) is 0 Å². The van der Waals surface area contributed by atoms with Gasteiger partial charge in [-0.15, -0.1) is 0 Å². The Labute approximate surface area is 115 Å². The third kappa shape index (κ3) is 2.68. The van der Waals surface area contributed by atoms with E-state index in [1.165, 1.54) is 22.3 Å². The van der Waals surface area contributed by atoms with Crippen LogP contribution in [0.5, 0.6) is 0 Å². The monoisotopic (exact) mass is 246 g/mol. The molecule has 0 saturated heterocycles. The lowest BCUT2D eigenvalue weighted by Gasteiger charge is -2.20. The van der Waals surface area contributed by atoms with Crippen LogP contribution in [0.1, 0.15) is 30.4 Å². The highest BCUT2D eigenvalue weighted by Gasteiger charge is 2.15. The summed E-state index contributed by atoms with van der Waals surface area (Å²) < 4.78 is 0.